The molecule has 0 atom stereocenters. The van der Waals surface area contributed by atoms with Crippen molar-refractivity contribution in [2.24, 2.45) is 0 Å². The predicted molar refractivity (Wildman–Crippen MR) is 118 cm³/mol. The summed E-state index contributed by atoms with van der Waals surface area (Å²) in [6.45, 7) is 1.48. The number of aromatic amines is 2. The van der Waals surface area contributed by atoms with Gasteiger partial charge in [0.05, 0.1) is 22.4 Å². The lowest BCUT2D eigenvalue weighted by molar-refractivity contribution is -0.116. The molecular formula is C21H17N5O3S. The molecule has 0 bridgehead atoms. The molecule has 150 valence electrons. The second-order valence-corrected chi connectivity index (χ2v) is 7.24. The van der Waals surface area contributed by atoms with Crippen LogP contribution in [0.5, 0.6) is 0 Å². The van der Waals surface area contributed by atoms with Gasteiger partial charge in [0.2, 0.25) is 11.8 Å². The van der Waals surface area contributed by atoms with E-state index in [2.05, 4.69) is 20.3 Å². The molecule has 2 aromatic heterocycles. The largest absolute Gasteiger partial charge is 0.323 e. The summed E-state index contributed by atoms with van der Waals surface area (Å²) in [5.41, 5.74) is 2.82. The van der Waals surface area contributed by atoms with Crippen molar-refractivity contribution in [2.45, 2.75) is 6.92 Å². The summed E-state index contributed by atoms with van der Waals surface area (Å²) in [5, 5.41) is 5.03. The molecule has 2 aromatic carbocycles. The zero-order valence-electron chi connectivity index (χ0n) is 15.9. The minimum atomic E-state index is -0.340. The first kappa shape index (κ1) is 19.3. The highest BCUT2D eigenvalue weighted by Crippen LogP contribution is 2.29. The Bertz CT molecular complexity index is 1300. The zero-order chi connectivity index (χ0) is 21.1. The Morgan fingerprint density at radius 2 is 1.87 bits per heavy atom. The molecule has 2 amide bonds. The van der Waals surface area contributed by atoms with E-state index in [-0.39, 0.29) is 17.5 Å². The normalized spacial score (nSPS) is 11.1. The molecule has 0 aliphatic carbocycles. The second kappa shape index (κ2) is 8.18. The number of rotatable bonds is 5. The minimum absolute atomic E-state index is 0.151. The standard InChI is InChI=1S/C21H17N5O3S/c1-13(27)26(16-5-3-2-4-6-16)21-23-15(12-30-21)8-10-19(28)22-14-7-9-17-18(11-14)25-20(29)24-17/h2-12H,1H3,(H,22,28)(H2,24,25,29)/b10-8+. The highest BCUT2D eigenvalue weighted by Gasteiger charge is 2.17. The van der Waals surface area contributed by atoms with Gasteiger partial charge in [-0.25, -0.2) is 9.78 Å². The first-order chi connectivity index (χ1) is 14.5. The van der Waals surface area contributed by atoms with Crippen molar-refractivity contribution in [3.05, 3.63) is 76.2 Å². The van der Waals surface area contributed by atoms with E-state index in [9.17, 15) is 14.4 Å². The Balaban J connectivity index is 1.47. The molecule has 3 N–H and O–H groups in total. The number of hydrogen-bond acceptors (Lipinski definition) is 5. The van der Waals surface area contributed by atoms with Gasteiger partial charge in [0, 0.05) is 24.1 Å². The molecule has 0 aliphatic rings. The maximum Gasteiger partial charge on any atom is 0.323 e. The van der Waals surface area contributed by atoms with E-state index in [0.717, 1.165) is 5.69 Å². The molecule has 0 saturated carbocycles. The van der Waals surface area contributed by atoms with E-state index in [1.54, 1.807) is 29.7 Å². The average molecular weight is 419 g/mol. The molecule has 30 heavy (non-hydrogen) atoms. The molecular weight excluding hydrogens is 402 g/mol. The number of nitrogens with zero attached hydrogens (tertiary/aromatic N) is 2. The van der Waals surface area contributed by atoms with E-state index in [4.69, 9.17) is 0 Å². The molecule has 4 aromatic rings. The smallest absolute Gasteiger partial charge is 0.322 e. The third kappa shape index (κ3) is 4.20. The first-order valence-electron chi connectivity index (χ1n) is 9.02. The van der Waals surface area contributed by atoms with E-state index < -0.39 is 0 Å². The van der Waals surface area contributed by atoms with Gasteiger partial charge in [0.1, 0.15) is 0 Å². The van der Waals surface area contributed by atoms with Crippen LogP contribution in [-0.4, -0.2) is 26.8 Å². The minimum Gasteiger partial charge on any atom is -0.322 e. The highest BCUT2D eigenvalue weighted by atomic mass is 32.1. The second-order valence-electron chi connectivity index (χ2n) is 6.41. The van der Waals surface area contributed by atoms with Gasteiger partial charge in [0.25, 0.3) is 0 Å². The molecule has 0 aliphatic heterocycles. The summed E-state index contributed by atoms with van der Waals surface area (Å²) >= 11 is 1.31. The number of thiazole rings is 1. The van der Waals surface area contributed by atoms with Crippen molar-refractivity contribution in [3.63, 3.8) is 0 Å². The first-order valence-corrected chi connectivity index (χ1v) is 9.90. The van der Waals surface area contributed by atoms with Crippen LogP contribution in [0.25, 0.3) is 17.1 Å². The van der Waals surface area contributed by atoms with Crippen LogP contribution >= 0.6 is 11.3 Å². The fourth-order valence-electron chi connectivity index (χ4n) is 2.91. The van der Waals surface area contributed by atoms with E-state index in [1.165, 1.54) is 29.2 Å². The molecule has 0 saturated heterocycles. The molecule has 0 fully saturated rings. The van der Waals surface area contributed by atoms with Crippen LogP contribution in [-0.2, 0) is 9.59 Å². The van der Waals surface area contributed by atoms with Crippen molar-refractivity contribution in [1.29, 1.82) is 0 Å². The molecule has 0 unspecified atom stereocenters. The van der Waals surface area contributed by atoms with Gasteiger partial charge in [0.15, 0.2) is 5.13 Å². The van der Waals surface area contributed by atoms with Gasteiger partial charge < -0.3 is 15.3 Å². The fraction of sp³-hybridized carbons (Fsp3) is 0.0476. The highest BCUT2D eigenvalue weighted by molar-refractivity contribution is 7.14. The van der Waals surface area contributed by atoms with Crippen molar-refractivity contribution in [2.75, 3.05) is 10.2 Å². The Morgan fingerprint density at radius 3 is 2.63 bits per heavy atom. The van der Waals surface area contributed by atoms with Crippen LogP contribution in [0.1, 0.15) is 12.6 Å². The summed E-state index contributed by atoms with van der Waals surface area (Å²) < 4.78 is 0. The summed E-state index contributed by atoms with van der Waals surface area (Å²) in [7, 11) is 0. The van der Waals surface area contributed by atoms with Gasteiger partial charge in [-0.2, -0.15) is 0 Å². The van der Waals surface area contributed by atoms with Crippen molar-refractivity contribution in [1.82, 2.24) is 15.0 Å². The number of para-hydroxylation sites is 1. The topological polar surface area (TPSA) is 111 Å². The summed E-state index contributed by atoms with van der Waals surface area (Å²) in [6, 6.07) is 14.3. The molecule has 0 spiro atoms. The number of H-pyrrole nitrogens is 2. The Kier molecular flexibility index (Phi) is 5.27. The lowest BCUT2D eigenvalue weighted by Crippen LogP contribution is -2.22. The van der Waals surface area contributed by atoms with Crippen LogP contribution in [0, 0.1) is 0 Å². The maximum absolute atomic E-state index is 12.2. The van der Waals surface area contributed by atoms with Gasteiger partial charge in [-0.1, -0.05) is 18.2 Å². The third-order valence-corrected chi connectivity index (χ3v) is 5.06. The number of hydrogen-bond donors (Lipinski definition) is 3. The predicted octanol–water partition coefficient (Wildman–Crippen LogP) is 3.65. The Labute approximate surface area is 174 Å². The van der Waals surface area contributed by atoms with Crippen molar-refractivity contribution in [3.8, 4) is 0 Å². The molecule has 2 heterocycles. The van der Waals surface area contributed by atoms with E-state index >= 15 is 0 Å². The molecule has 0 radical (unpaired) electrons. The van der Waals surface area contributed by atoms with Gasteiger partial charge in [-0.3, -0.25) is 14.5 Å². The Hall–Kier alpha value is -3.98. The van der Waals surface area contributed by atoms with Crippen molar-refractivity contribution >= 4 is 56.8 Å². The zero-order valence-corrected chi connectivity index (χ0v) is 16.7. The number of anilines is 3. The van der Waals surface area contributed by atoms with Crippen LogP contribution in [0.15, 0.2) is 64.8 Å². The number of benzene rings is 2. The maximum atomic E-state index is 12.2. The molecule has 8 nitrogen and oxygen atoms in total. The number of carbonyl (C=O) groups excluding carboxylic acids is 2. The average Bonchev–Trinajstić information content (AvgIpc) is 3.32. The van der Waals surface area contributed by atoms with Gasteiger partial charge >= 0.3 is 5.69 Å². The van der Waals surface area contributed by atoms with Crippen LogP contribution in [0.4, 0.5) is 16.5 Å². The monoisotopic (exact) mass is 419 g/mol. The summed E-state index contributed by atoms with van der Waals surface area (Å²) in [4.78, 5) is 46.9. The van der Waals surface area contributed by atoms with Gasteiger partial charge in [-0.15, -0.1) is 11.3 Å². The number of imidazole rings is 1. The quantitative estimate of drug-likeness (QED) is 0.429. The van der Waals surface area contributed by atoms with Crippen LogP contribution in [0.2, 0.25) is 0 Å². The third-order valence-electron chi connectivity index (χ3n) is 4.22. The number of aromatic nitrogens is 3. The number of amides is 2. The van der Waals surface area contributed by atoms with E-state index in [1.807, 2.05) is 30.3 Å². The van der Waals surface area contributed by atoms with Crippen molar-refractivity contribution < 1.29 is 9.59 Å². The van der Waals surface area contributed by atoms with Crippen LogP contribution in [0.3, 0.4) is 0 Å². The van der Waals surface area contributed by atoms with Gasteiger partial charge in [-0.05, 0) is 36.4 Å². The summed E-state index contributed by atoms with van der Waals surface area (Å²) in [6.07, 6.45) is 2.94. The summed E-state index contributed by atoms with van der Waals surface area (Å²) in [5.74, 6) is -0.490. The van der Waals surface area contributed by atoms with E-state index in [0.29, 0.717) is 27.5 Å². The number of fused-ring (bicyclic) bond motifs is 1. The Morgan fingerprint density at radius 1 is 1.10 bits per heavy atom. The SMILES string of the molecule is CC(=O)N(c1ccccc1)c1nc(/C=C/C(=O)Nc2ccc3[nH]c(=O)[nH]c3c2)cs1. The molecule has 4 rings (SSSR count). The molecule has 9 heteroatoms. The van der Waals surface area contributed by atoms with Crippen LogP contribution < -0.4 is 15.9 Å². The fourth-order valence-corrected chi connectivity index (χ4v) is 3.77. The lowest BCUT2D eigenvalue weighted by Gasteiger charge is -2.17. The lowest BCUT2D eigenvalue weighted by atomic mass is 10.2. The number of nitrogens with one attached hydrogen (secondary N) is 3. The number of carbonyl (C=O) groups is 2.